The van der Waals surface area contributed by atoms with Gasteiger partial charge >= 0.3 is 5.69 Å². The molecule has 0 spiro atoms. The highest BCUT2D eigenvalue weighted by atomic mass is 32.2. The normalized spacial score (nSPS) is 35.1. The Morgan fingerprint density at radius 3 is 2.26 bits per heavy atom. The molecule has 6 bridgehead atoms. The molecule has 2 aromatic rings. The fourth-order valence-electron chi connectivity index (χ4n) is 7.77. The van der Waals surface area contributed by atoms with Crippen LogP contribution in [0, 0.1) is 27.9 Å². The zero-order valence-corrected chi connectivity index (χ0v) is 19.2. The van der Waals surface area contributed by atoms with E-state index in [1.165, 1.54) is 30.2 Å². The van der Waals surface area contributed by atoms with Gasteiger partial charge in [-0.2, -0.15) is 0 Å². The van der Waals surface area contributed by atoms with Crippen molar-refractivity contribution in [3.05, 3.63) is 51.7 Å². The summed E-state index contributed by atoms with van der Waals surface area (Å²) in [5, 5.41) is 22.3. The lowest BCUT2D eigenvalue weighted by molar-refractivity contribution is -0.386. The number of amides is 2. The number of benzene rings is 1. The maximum absolute atomic E-state index is 11.9. The maximum atomic E-state index is 11.9. The van der Waals surface area contributed by atoms with E-state index in [2.05, 4.69) is 4.98 Å². The monoisotopic (exact) mass is 477 g/mol. The Balaban J connectivity index is 1.28. The lowest BCUT2D eigenvalue weighted by atomic mass is 9.48. The molecule has 3 saturated heterocycles. The Morgan fingerprint density at radius 1 is 1.09 bits per heavy atom. The molecule has 0 radical (unpaired) electrons. The van der Waals surface area contributed by atoms with Crippen molar-refractivity contribution in [3.63, 3.8) is 0 Å². The minimum atomic E-state index is -0.509. The number of phenolic OH excluding ortho intramolecular Hbond substituents is 1. The van der Waals surface area contributed by atoms with Gasteiger partial charge in [0.15, 0.2) is 5.75 Å². The van der Waals surface area contributed by atoms with Crippen LogP contribution in [-0.4, -0.2) is 36.3 Å². The number of thioether (sulfide) groups is 1. The highest BCUT2D eigenvalue weighted by Crippen LogP contribution is 2.62. The molecular formula is C25H23N3O5S. The largest absolute Gasteiger partial charge is 0.502 e. The van der Waals surface area contributed by atoms with Crippen molar-refractivity contribution in [1.29, 1.82) is 0 Å². The first-order valence-corrected chi connectivity index (χ1v) is 12.7. The van der Waals surface area contributed by atoms with Gasteiger partial charge in [-0.15, -0.1) is 0 Å². The smallest absolute Gasteiger partial charge is 0.311 e. The van der Waals surface area contributed by atoms with Crippen molar-refractivity contribution in [1.82, 2.24) is 9.88 Å². The Kier molecular flexibility index (Phi) is 4.09. The average molecular weight is 478 g/mol. The van der Waals surface area contributed by atoms with E-state index in [-0.39, 0.29) is 39.3 Å². The molecule has 2 amide bonds. The lowest BCUT2D eigenvalue weighted by Gasteiger charge is -2.57. The van der Waals surface area contributed by atoms with Gasteiger partial charge in [-0.1, -0.05) is 6.07 Å². The quantitative estimate of drug-likeness (QED) is 0.376. The third kappa shape index (κ3) is 2.70. The number of pyridine rings is 1. The predicted molar refractivity (Wildman–Crippen MR) is 124 cm³/mol. The first-order valence-electron chi connectivity index (χ1n) is 11.8. The van der Waals surface area contributed by atoms with Crippen molar-refractivity contribution in [2.24, 2.45) is 17.8 Å². The Labute approximate surface area is 199 Å². The molecule has 174 valence electrons. The highest BCUT2D eigenvalue weighted by molar-refractivity contribution is 8.15. The summed E-state index contributed by atoms with van der Waals surface area (Å²) in [6.45, 7) is 0. The summed E-state index contributed by atoms with van der Waals surface area (Å²) in [6, 6.07) is 6.65. The second kappa shape index (κ2) is 6.81. The third-order valence-corrected chi connectivity index (χ3v) is 9.90. The SMILES string of the molecule is O=C1SC2C(=O)N1C2c1ccc(-c2cc([N+](=O)[O-])c(O)c(C34CC5CC(CC(C5)C3)C4)c2)nc1. The van der Waals surface area contributed by atoms with E-state index in [0.29, 0.717) is 34.6 Å². The number of carbonyl (C=O) groups is 2. The summed E-state index contributed by atoms with van der Waals surface area (Å²) >= 11 is 1.05. The van der Waals surface area contributed by atoms with Gasteiger partial charge in [0.1, 0.15) is 5.25 Å². The number of rotatable bonds is 4. The van der Waals surface area contributed by atoms with E-state index in [9.17, 15) is 24.8 Å². The molecule has 34 heavy (non-hydrogen) atoms. The summed E-state index contributed by atoms with van der Waals surface area (Å²) in [4.78, 5) is 41.0. The maximum Gasteiger partial charge on any atom is 0.311 e. The molecule has 1 aromatic heterocycles. The van der Waals surface area contributed by atoms with Gasteiger partial charge in [0.25, 0.3) is 5.24 Å². The van der Waals surface area contributed by atoms with E-state index >= 15 is 0 Å². The van der Waals surface area contributed by atoms with Crippen LogP contribution in [0.25, 0.3) is 11.3 Å². The lowest BCUT2D eigenvalue weighted by Crippen LogP contribution is -2.50. The zero-order chi connectivity index (χ0) is 23.4. The third-order valence-electron chi connectivity index (χ3n) is 8.79. The number of carbonyl (C=O) groups excluding carboxylic acids is 2. The molecule has 2 atom stereocenters. The molecule has 8 nitrogen and oxygen atoms in total. The number of hydrogen-bond donors (Lipinski definition) is 1. The summed E-state index contributed by atoms with van der Waals surface area (Å²) in [5.74, 6) is 1.57. The van der Waals surface area contributed by atoms with Crippen molar-refractivity contribution < 1.29 is 19.6 Å². The number of nitro benzene ring substituents is 1. The van der Waals surface area contributed by atoms with Crippen LogP contribution < -0.4 is 0 Å². The fraction of sp³-hybridized carbons (Fsp3) is 0.480. The number of fused-ring (bicyclic) bond motifs is 1. The van der Waals surface area contributed by atoms with Gasteiger partial charge in [-0.25, -0.2) is 0 Å². The molecule has 4 heterocycles. The number of β-lactam (4-membered cyclic amide) rings is 1. The topological polar surface area (TPSA) is 114 Å². The number of hydrogen-bond acceptors (Lipinski definition) is 7. The molecule has 9 rings (SSSR count). The van der Waals surface area contributed by atoms with E-state index < -0.39 is 4.92 Å². The number of aromatic nitrogens is 1. The first kappa shape index (κ1) is 20.4. The summed E-state index contributed by atoms with van der Waals surface area (Å²) in [7, 11) is 0. The van der Waals surface area contributed by atoms with Crippen LogP contribution in [0.15, 0.2) is 30.5 Å². The molecular weight excluding hydrogens is 454 g/mol. The molecule has 3 aliphatic heterocycles. The van der Waals surface area contributed by atoms with Crippen LogP contribution in [0.5, 0.6) is 5.75 Å². The number of nitro groups is 1. The van der Waals surface area contributed by atoms with Crippen LogP contribution >= 0.6 is 11.8 Å². The summed E-state index contributed by atoms with van der Waals surface area (Å²) < 4.78 is 0. The Bertz CT molecular complexity index is 1230. The second-order valence-electron chi connectivity index (χ2n) is 10.8. The molecule has 7 aliphatic rings. The second-order valence-corrected chi connectivity index (χ2v) is 11.9. The Morgan fingerprint density at radius 2 is 1.76 bits per heavy atom. The van der Waals surface area contributed by atoms with E-state index in [4.69, 9.17) is 0 Å². The molecule has 4 aliphatic carbocycles. The minimum Gasteiger partial charge on any atom is -0.502 e. The molecule has 4 saturated carbocycles. The molecule has 9 heteroatoms. The van der Waals surface area contributed by atoms with Gasteiger partial charge in [-0.05, 0) is 85.7 Å². The van der Waals surface area contributed by atoms with Crippen LogP contribution in [0.1, 0.15) is 55.7 Å². The number of aromatic hydroxyl groups is 1. The van der Waals surface area contributed by atoms with Crippen molar-refractivity contribution in [2.75, 3.05) is 0 Å². The Hall–Kier alpha value is -2.94. The van der Waals surface area contributed by atoms with Crippen LogP contribution in [-0.2, 0) is 10.2 Å². The minimum absolute atomic E-state index is 0.154. The van der Waals surface area contributed by atoms with Crippen LogP contribution in [0.3, 0.4) is 0 Å². The van der Waals surface area contributed by atoms with E-state index in [1.54, 1.807) is 12.3 Å². The first-order chi connectivity index (χ1) is 16.3. The summed E-state index contributed by atoms with van der Waals surface area (Å²) in [5.41, 5.74) is 2.20. The van der Waals surface area contributed by atoms with Crippen molar-refractivity contribution in [2.45, 2.75) is 55.2 Å². The highest BCUT2D eigenvalue weighted by Gasteiger charge is 2.60. The number of nitrogens with zero attached hydrogens (tertiary/aromatic N) is 3. The molecule has 1 N–H and O–H groups in total. The number of phenols is 1. The average Bonchev–Trinajstić information content (AvgIpc) is 3.30. The standard InChI is InChI=1S/C25H23N3O5S/c29-21-17(25-8-12-3-13(9-25)5-14(4-12)10-25)6-16(7-19(21)28(32)33)18-2-1-15(11-26-18)20-22-23(30)27(20)24(31)34-22/h1-2,6-7,11-14,20,22,29H,3-5,8-10H2. The van der Waals surface area contributed by atoms with Crippen LogP contribution in [0.2, 0.25) is 0 Å². The molecule has 1 aromatic carbocycles. The van der Waals surface area contributed by atoms with Gasteiger partial charge in [0.2, 0.25) is 5.91 Å². The molecule has 2 unspecified atom stereocenters. The van der Waals surface area contributed by atoms with E-state index in [0.717, 1.165) is 36.6 Å². The van der Waals surface area contributed by atoms with E-state index in [1.807, 2.05) is 12.1 Å². The van der Waals surface area contributed by atoms with Crippen LogP contribution in [0.4, 0.5) is 10.5 Å². The zero-order valence-electron chi connectivity index (χ0n) is 18.3. The molecule has 7 fully saturated rings. The fourth-order valence-corrected chi connectivity index (χ4v) is 8.93. The van der Waals surface area contributed by atoms with Crippen molar-refractivity contribution in [3.8, 4) is 17.0 Å². The van der Waals surface area contributed by atoms with Gasteiger partial charge in [0.05, 0.1) is 16.7 Å². The summed E-state index contributed by atoms with van der Waals surface area (Å²) in [6.07, 6.45) is 8.33. The van der Waals surface area contributed by atoms with Crippen molar-refractivity contribution >= 4 is 28.6 Å². The van der Waals surface area contributed by atoms with Gasteiger partial charge in [0, 0.05) is 28.8 Å². The number of imide groups is 1. The van der Waals surface area contributed by atoms with Gasteiger partial charge in [-0.3, -0.25) is 29.6 Å². The predicted octanol–water partition coefficient (Wildman–Crippen LogP) is 4.95. The van der Waals surface area contributed by atoms with Gasteiger partial charge < -0.3 is 5.11 Å².